The molecule has 2 aromatic rings. The first-order valence-corrected chi connectivity index (χ1v) is 6.86. The number of nitrogens with two attached hydrogens (primary N) is 1. The van der Waals surface area contributed by atoms with Gasteiger partial charge in [0.15, 0.2) is 5.82 Å². The topological polar surface area (TPSA) is 64.9 Å². The lowest BCUT2D eigenvalue weighted by atomic mass is 9.97. The Kier molecular flexibility index (Phi) is 3.80. The van der Waals surface area contributed by atoms with E-state index in [0.29, 0.717) is 28.1 Å². The number of benzene rings is 1. The highest BCUT2D eigenvalue weighted by atomic mass is 32.2. The van der Waals surface area contributed by atoms with Gasteiger partial charge in [-0.1, -0.05) is 25.9 Å². The van der Waals surface area contributed by atoms with Crippen molar-refractivity contribution in [3.05, 3.63) is 35.7 Å². The first-order chi connectivity index (χ1) is 8.86. The minimum atomic E-state index is -0.329. The van der Waals surface area contributed by atoms with Crippen molar-refractivity contribution in [1.29, 1.82) is 0 Å². The quantitative estimate of drug-likeness (QED) is 0.690. The molecule has 2 N–H and O–H groups in total. The predicted molar refractivity (Wildman–Crippen MR) is 73.4 cm³/mol. The van der Waals surface area contributed by atoms with Gasteiger partial charge in [0.2, 0.25) is 5.89 Å². The zero-order valence-electron chi connectivity index (χ0n) is 11.1. The van der Waals surface area contributed by atoms with Gasteiger partial charge in [0, 0.05) is 16.0 Å². The highest BCUT2D eigenvalue weighted by Gasteiger charge is 2.21. The van der Waals surface area contributed by atoms with Crippen LogP contribution in [0.15, 0.2) is 27.6 Å². The number of rotatable bonds is 3. The molecule has 0 saturated heterocycles. The molecule has 1 heterocycles. The molecular formula is C13H16FN3OS. The van der Waals surface area contributed by atoms with Crippen molar-refractivity contribution in [1.82, 2.24) is 10.1 Å². The minimum Gasteiger partial charge on any atom is -0.399 e. The van der Waals surface area contributed by atoms with Crippen LogP contribution < -0.4 is 5.73 Å². The zero-order valence-corrected chi connectivity index (χ0v) is 11.9. The van der Waals surface area contributed by atoms with Gasteiger partial charge in [-0.2, -0.15) is 4.98 Å². The lowest BCUT2D eigenvalue weighted by molar-refractivity contribution is 0.319. The van der Waals surface area contributed by atoms with E-state index in [2.05, 4.69) is 10.1 Å². The molecule has 19 heavy (non-hydrogen) atoms. The van der Waals surface area contributed by atoms with Crippen molar-refractivity contribution in [2.45, 2.75) is 36.8 Å². The van der Waals surface area contributed by atoms with Crippen LogP contribution in [0.1, 0.15) is 32.5 Å². The van der Waals surface area contributed by atoms with Crippen molar-refractivity contribution >= 4 is 17.4 Å². The lowest BCUT2D eigenvalue weighted by Crippen LogP contribution is -2.11. The molecule has 0 aliphatic heterocycles. The van der Waals surface area contributed by atoms with E-state index in [1.165, 1.54) is 17.8 Å². The van der Waals surface area contributed by atoms with E-state index in [-0.39, 0.29) is 11.2 Å². The van der Waals surface area contributed by atoms with E-state index in [0.717, 1.165) is 0 Å². The molecule has 0 aliphatic carbocycles. The summed E-state index contributed by atoms with van der Waals surface area (Å²) in [5, 5.41) is 3.89. The Morgan fingerprint density at radius 3 is 2.68 bits per heavy atom. The third-order valence-electron chi connectivity index (χ3n) is 2.42. The van der Waals surface area contributed by atoms with Crippen LogP contribution >= 0.6 is 11.8 Å². The summed E-state index contributed by atoms with van der Waals surface area (Å²) in [6.45, 7) is 5.99. The molecule has 102 valence electrons. The van der Waals surface area contributed by atoms with Gasteiger partial charge in [0.25, 0.3) is 0 Å². The van der Waals surface area contributed by atoms with E-state index in [1.54, 1.807) is 12.1 Å². The van der Waals surface area contributed by atoms with Crippen LogP contribution in [0.2, 0.25) is 0 Å². The molecule has 0 saturated carbocycles. The number of hydrogen-bond acceptors (Lipinski definition) is 5. The number of nitrogen functional groups attached to an aromatic ring is 1. The predicted octanol–water partition coefficient (Wildman–Crippen LogP) is 3.38. The summed E-state index contributed by atoms with van der Waals surface area (Å²) in [5.41, 5.74) is 5.73. The molecule has 1 aromatic heterocycles. The van der Waals surface area contributed by atoms with Crippen molar-refractivity contribution < 1.29 is 8.91 Å². The number of halogens is 1. The normalized spacial score (nSPS) is 11.8. The Bertz CT molecular complexity index is 578. The summed E-state index contributed by atoms with van der Waals surface area (Å²) in [5.74, 6) is 1.28. The van der Waals surface area contributed by atoms with Gasteiger partial charge < -0.3 is 10.3 Å². The number of anilines is 1. The Labute approximate surface area is 115 Å². The maximum Gasteiger partial charge on any atom is 0.232 e. The number of thioether (sulfide) groups is 1. The minimum absolute atomic E-state index is 0.178. The highest BCUT2D eigenvalue weighted by Crippen LogP contribution is 2.27. The van der Waals surface area contributed by atoms with Crippen LogP contribution in [0.3, 0.4) is 0 Å². The molecule has 0 bridgehead atoms. The first-order valence-electron chi connectivity index (χ1n) is 5.87. The molecule has 0 unspecified atom stereocenters. The molecule has 1 aromatic carbocycles. The molecular weight excluding hydrogens is 265 g/mol. The van der Waals surface area contributed by atoms with Gasteiger partial charge >= 0.3 is 0 Å². The fraction of sp³-hybridized carbons (Fsp3) is 0.385. The Hall–Kier alpha value is -1.56. The molecule has 0 aliphatic rings. The van der Waals surface area contributed by atoms with Crippen molar-refractivity contribution in [3.8, 4) is 0 Å². The summed E-state index contributed by atoms with van der Waals surface area (Å²) >= 11 is 1.32. The second kappa shape index (κ2) is 5.21. The number of aromatic nitrogens is 2. The smallest absolute Gasteiger partial charge is 0.232 e. The van der Waals surface area contributed by atoms with Crippen molar-refractivity contribution in [2.24, 2.45) is 0 Å². The van der Waals surface area contributed by atoms with Crippen LogP contribution in [-0.4, -0.2) is 10.1 Å². The Morgan fingerprint density at radius 1 is 1.37 bits per heavy atom. The van der Waals surface area contributed by atoms with Crippen LogP contribution in [-0.2, 0) is 11.2 Å². The number of hydrogen-bond donors (Lipinski definition) is 1. The molecule has 2 rings (SSSR count). The number of nitrogens with zero attached hydrogens (tertiary/aromatic N) is 2. The molecule has 4 nitrogen and oxygen atoms in total. The Morgan fingerprint density at radius 2 is 2.11 bits per heavy atom. The van der Waals surface area contributed by atoms with Gasteiger partial charge in [0.05, 0.1) is 5.75 Å². The highest BCUT2D eigenvalue weighted by molar-refractivity contribution is 7.98. The van der Waals surface area contributed by atoms with E-state index >= 15 is 0 Å². The van der Waals surface area contributed by atoms with Gasteiger partial charge in [-0.15, -0.1) is 11.8 Å². The summed E-state index contributed by atoms with van der Waals surface area (Å²) < 4.78 is 18.8. The van der Waals surface area contributed by atoms with Gasteiger partial charge in [0.1, 0.15) is 5.82 Å². The van der Waals surface area contributed by atoms with Gasteiger partial charge in [-0.3, -0.25) is 0 Å². The third kappa shape index (κ3) is 3.47. The standard InChI is InChI=1S/C13H16FN3OS/c1-13(2,3)12-16-11(17-18-12)7-19-10-5-4-8(15)6-9(10)14/h4-6H,7,15H2,1-3H3. The van der Waals surface area contributed by atoms with Crippen LogP contribution in [0.4, 0.5) is 10.1 Å². The first kappa shape index (κ1) is 13.9. The van der Waals surface area contributed by atoms with Gasteiger partial charge in [-0.25, -0.2) is 4.39 Å². The van der Waals surface area contributed by atoms with Crippen molar-refractivity contribution in [3.63, 3.8) is 0 Å². The average Bonchev–Trinajstić information content (AvgIpc) is 2.76. The lowest BCUT2D eigenvalue weighted by Gasteiger charge is -2.10. The van der Waals surface area contributed by atoms with E-state index in [9.17, 15) is 4.39 Å². The summed E-state index contributed by atoms with van der Waals surface area (Å²) in [4.78, 5) is 4.82. The van der Waals surface area contributed by atoms with Gasteiger partial charge in [-0.05, 0) is 18.2 Å². The average molecular weight is 281 g/mol. The molecule has 0 amide bonds. The van der Waals surface area contributed by atoms with E-state index < -0.39 is 0 Å². The van der Waals surface area contributed by atoms with E-state index in [1.807, 2.05) is 20.8 Å². The molecule has 0 spiro atoms. The van der Waals surface area contributed by atoms with E-state index in [4.69, 9.17) is 10.3 Å². The maximum atomic E-state index is 13.6. The summed E-state index contributed by atoms with van der Waals surface area (Å²) in [7, 11) is 0. The Balaban J connectivity index is 2.04. The third-order valence-corrected chi connectivity index (χ3v) is 3.47. The molecule has 0 fully saturated rings. The fourth-order valence-corrected chi connectivity index (χ4v) is 2.16. The zero-order chi connectivity index (χ0) is 14.0. The summed E-state index contributed by atoms with van der Waals surface area (Å²) in [6, 6.07) is 4.63. The second-order valence-electron chi connectivity index (χ2n) is 5.24. The summed E-state index contributed by atoms with van der Waals surface area (Å²) in [6.07, 6.45) is 0. The molecule has 0 atom stereocenters. The SMILES string of the molecule is CC(C)(C)c1nc(CSc2ccc(N)cc2F)no1. The molecule has 6 heteroatoms. The monoisotopic (exact) mass is 281 g/mol. The van der Waals surface area contributed by atoms with Crippen LogP contribution in [0.5, 0.6) is 0 Å². The fourth-order valence-electron chi connectivity index (χ4n) is 1.39. The largest absolute Gasteiger partial charge is 0.399 e. The van der Waals surface area contributed by atoms with Crippen LogP contribution in [0, 0.1) is 5.82 Å². The van der Waals surface area contributed by atoms with Crippen LogP contribution in [0.25, 0.3) is 0 Å². The maximum absolute atomic E-state index is 13.6. The second-order valence-corrected chi connectivity index (χ2v) is 6.26. The molecule has 0 radical (unpaired) electrons. The van der Waals surface area contributed by atoms with Crippen molar-refractivity contribution in [2.75, 3.05) is 5.73 Å².